The fraction of sp³-hybridized carbons (Fsp3) is 0.611. The monoisotopic (exact) mass is 320 g/mol. The molecule has 128 valence electrons. The molecule has 0 saturated carbocycles. The summed E-state index contributed by atoms with van der Waals surface area (Å²) in [6.07, 6.45) is 0. The Balaban J connectivity index is 2.07. The van der Waals surface area contributed by atoms with Gasteiger partial charge < -0.3 is 14.7 Å². The molecule has 0 radical (unpaired) electrons. The molecule has 1 aliphatic heterocycles. The standard InChI is InChI=1S/C18H28N2O3/c1-13(2)17(18(22)20-7-9-23-10-8-20)19-14(3)16-6-4-5-15(11-16)12-21/h4-6,11,13-14,17,19,21H,7-10,12H2,1-3H3. The lowest BCUT2D eigenvalue weighted by Gasteiger charge is -2.33. The number of benzene rings is 1. The Morgan fingerprint density at radius 3 is 2.61 bits per heavy atom. The lowest BCUT2D eigenvalue weighted by molar-refractivity contribution is -0.138. The number of aliphatic hydroxyl groups excluding tert-OH is 1. The number of rotatable bonds is 6. The molecule has 1 heterocycles. The minimum Gasteiger partial charge on any atom is -0.392 e. The molecular formula is C18H28N2O3. The van der Waals surface area contributed by atoms with Gasteiger partial charge in [-0.1, -0.05) is 38.1 Å². The van der Waals surface area contributed by atoms with Crippen molar-refractivity contribution in [1.82, 2.24) is 10.2 Å². The molecule has 0 aromatic heterocycles. The van der Waals surface area contributed by atoms with Crippen LogP contribution in [-0.4, -0.2) is 48.3 Å². The van der Waals surface area contributed by atoms with Crippen molar-refractivity contribution in [1.29, 1.82) is 0 Å². The lowest BCUT2D eigenvalue weighted by Crippen LogP contribution is -2.52. The van der Waals surface area contributed by atoms with E-state index in [1.807, 2.05) is 29.2 Å². The molecule has 5 heteroatoms. The van der Waals surface area contributed by atoms with E-state index in [1.165, 1.54) is 0 Å². The van der Waals surface area contributed by atoms with Gasteiger partial charge in [-0.25, -0.2) is 0 Å². The number of aliphatic hydroxyl groups is 1. The molecule has 0 bridgehead atoms. The average Bonchev–Trinajstić information content (AvgIpc) is 2.59. The molecule has 1 amide bonds. The van der Waals surface area contributed by atoms with Crippen molar-refractivity contribution >= 4 is 5.91 Å². The molecule has 2 rings (SSSR count). The molecule has 0 spiro atoms. The van der Waals surface area contributed by atoms with Crippen LogP contribution in [0.25, 0.3) is 0 Å². The molecule has 2 N–H and O–H groups in total. The van der Waals surface area contributed by atoms with Crippen LogP contribution in [0.3, 0.4) is 0 Å². The summed E-state index contributed by atoms with van der Waals surface area (Å²) in [5, 5.41) is 12.7. The van der Waals surface area contributed by atoms with Crippen LogP contribution in [0.15, 0.2) is 24.3 Å². The molecule has 1 saturated heterocycles. The van der Waals surface area contributed by atoms with Crippen molar-refractivity contribution < 1.29 is 14.6 Å². The smallest absolute Gasteiger partial charge is 0.240 e. The van der Waals surface area contributed by atoms with Crippen molar-refractivity contribution in [3.8, 4) is 0 Å². The maximum absolute atomic E-state index is 12.8. The quantitative estimate of drug-likeness (QED) is 0.838. The van der Waals surface area contributed by atoms with E-state index in [0.717, 1.165) is 11.1 Å². The summed E-state index contributed by atoms with van der Waals surface area (Å²) in [6.45, 7) is 8.77. The fourth-order valence-corrected chi connectivity index (χ4v) is 2.86. The highest BCUT2D eigenvalue weighted by Crippen LogP contribution is 2.18. The normalized spacial score (nSPS) is 18.0. The fourth-order valence-electron chi connectivity index (χ4n) is 2.86. The molecule has 1 aromatic rings. The highest BCUT2D eigenvalue weighted by molar-refractivity contribution is 5.82. The lowest BCUT2D eigenvalue weighted by atomic mass is 9.99. The molecule has 23 heavy (non-hydrogen) atoms. The highest BCUT2D eigenvalue weighted by Gasteiger charge is 2.29. The average molecular weight is 320 g/mol. The third-order valence-electron chi connectivity index (χ3n) is 4.32. The van der Waals surface area contributed by atoms with Crippen molar-refractivity contribution in [2.45, 2.75) is 39.5 Å². The van der Waals surface area contributed by atoms with E-state index in [-0.39, 0.29) is 30.5 Å². The first-order valence-corrected chi connectivity index (χ1v) is 8.35. The first kappa shape index (κ1) is 17.9. The van der Waals surface area contributed by atoms with Gasteiger partial charge in [-0.2, -0.15) is 0 Å². The van der Waals surface area contributed by atoms with E-state index >= 15 is 0 Å². The second-order valence-electron chi connectivity index (χ2n) is 6.45. The summed E-state index contributed by atoms with van der Waals surface area (Å²) in [4.78, 5) is 14.7. The van der Waals surface area contributed by atoms with Crippen molar-refractivity contribution in [2.24, 2.45) is 5.92 Å². The summed E-state index contributed by atoms with van der Waals surface area (Å²) in [5.74, 6) is 0.349. The third kappa shape index (κ3) is 4.77. The Kier molecular flexibility index (Phi) is 6.57. The molecule has 1 fully saturated rings. The van der Waals surface area contributed by atoms with E-state index in [4.69, 9.17) is 4.74 Å². The van der Waals surface area contributed by atoms with E-state index in [0.29, 0.717) is 26.3 Å². The van der Waals surface area contributed by atoms with Crippen LogP contribution in [0.4, 0.5) is 0 Å². The van der Waals surface area contributed by atoms with E-state index in [9.17, 15) is 9.90 Å². The number of ether oxygens (including phenoxy) is 1. The van der Waals surface area contributed by atoms with Crippen LogP contribution in [0.5, 0.6) is 0 Å². The number of nitrogens with zero attached hydrogens (tertiary/aromatic N) is 1. The zero-order valence-corrected chi connectivity index (χ0v) is 14.3. The van der Waals surface area contributed by atoms with Gasteiger partial charge in [-0.3, -0.25) is 10.1 Å². The Labute approximate surface area is 138 Å². The van der Waals surface area contributed by atoms with Crippen LogP contribution in [0.1, 0.15) is 37.9 Å². The number of hydrogen-bond donors (Lipinski definition) is 2. The van der Waals surface area contributed by atoms with Crippen molar-refractivity contribution in [3.05, 3.63) is 35.4 Å². The predicted octanol–water partition coefficient (Wildman–Crippen LogP) is 1.71. The zero-order chi connectivity index (χ0) is 16.8. The summed E-state index contributed by atoms with van der Waals surface area (Å²) < 4.78 is 5.33. The summed E-state index contributed by atoms with van der Waals surface area (Å²) in [7, 11) is 0. The SMILES string of the molecule is CC(NC(C(=O)N1CCOCC1)C(C)C)c1cccc(CO)c1. The van der Waals surface area contributed by atoms with E-state index in [1.54, 1.807) is 0 Å². The molecule has 2 unspecified atom stereocenters. The number of nitrogens with one attached hydrogen (secondary N) is 1. The minimum absolute atomic E-state index is 0.0286. The largest absolute Gasteiger partial charge is 0.392 e. The zero-order valence-electron chi connectivity index (χ0n) is 14.3. The molecular weight excluding hydrogens is 292 g/mol. The summed E-state index contributed by atoms with van der Waals surface area (Å²) in [5.41, 5.74) is 1.97. The van der Waals surface area contributed by atoms with Gasteiger partial charge in [-0.05, 0) is 24.0 Å². The maximum Gasteiger partial charge on any atom is 0.240 e. The van der Waals surface area contributed by atoms with Crippen LogP contribution in [-0.2, 0) is 16.1 Å². The number of morpholine rings is 1. The van der Waals surface area contributed by atoms with Gasteiger partial charge in [0.25, 0.3) is 0 Å². The number of amides is 1. The minimum atomic E-state index is -0.221. The van der Waals surface area contributed by atoms with Gasteiger partial charge >= 0.3 is 0 Å². The number of carbonyl (C=O) groups is 1. The number of carbonyl (C=O) groups excluding carboxylic acids is 1. The second kappa shape index (κ2) is 8.43. The van der Waals surface area contributed by atoms with Crippen LogP contribution in [0.2, 0.25) is 0 Å². The molecule has 2 atom stereocenters. The van der Waals surface area contributed by atoms with Gasteiger partial charge in [0.15, 0.2) is 0 Å². The predicted molar refractivity (Wildman–Crippen MR) is 89.9 cm³/mol. The first-order valence-electron chi connectivity index (χ1n) is 8.35. The van der Waals surface area contributed by atoms with Gasteiger partial charge in [-0.15, -0.1) is 0 Å². The second-order valence-corrected chi connectivity index (χ2v) is 6.45. The van der Waals surface area contributed by atoms with E-state index in [2.05, 4.69) is 26.1 Å². The van der Waals surface area contributed by atoms with Crippen LogP contribution in [0, 0.1) is 5.92 Å². The van der Waals surface area contributed by atoms with Gasteiger partial charge in [0.2, 0.25) is 5.91 Å². The van der Waals surface area contributed by atoms with Crippen molar-refractivity contribution in [2.75, 3.05) is 26.3 Å². The molecule has 5 nitrogen and oxygen atoms in total. The van der Waals surface area contributed by atoms with E-state index < -0.39 is 0 Å². The summed E-state index contributed by atoms with van der Waals surface area (Å²) in [6, 6.07) is 7.66. The number of hydrogen-bond acceptors (Lipinski definition) is 4. The third-order valence-corrected chi connectivity index (χ3v) is 4.32. The Morgan fingerprint density at radius 2 is 2.00 bits per heavy atom. The van der Waals surface area contributed by atoms with Crippen LogP contribution >= 0.6 is 0 Å². The first-order chi connectivity index (χ1) is 11.0. The van der Waals surface area contributed by atoms with Gasteiger partial charge in [0.05, 0.1) is 25.9 Å². The Bertz CT molecular complexity index is 513. The van der Waals surface area contributed by atoms with Crippen LogP contribution < -0.4 is 5.32 Å². The Hall–Kier alpha value is -1.43. The summed E-state index contributed by atoms with van der Waals surface area (Å²) >= 11 is 0. The van der Waals surface area contributed by atoms with Crippen molar-refractivity contribution in [3.63, 3.8) is 0 Å². The molecule has 1 aliphatic rings. The molecule has 1 aromatic carbocycles. The van der Waals surface area contributed by atoms with Gasteiger partial charge in [0.1, 0.15) is 0 Å². The highest BCUT2D eigenvalue weighted by atomic mass is 16.5. The Morgan fingerprint density at radius 1 is 1.30 bits per heavy atom. The maximum atomic E-state index is 12.8. The van der Waals surface area contributed by atoms with Gasteiger partial charge in [0, 0.05) is 19.1 Å². The molecule has 0 aliphatic carbocycles. The topological polar surface area (TPSA) is 61.8 Å².